The molecule has 0 aliphatic carbocycles. The van der Waals surface area contributed by atoms with Gasteiger partial charge in [0.1, 0.15) is 0 Å². The molecule has 7 heteroatoms. The predicted molar refractivity (Wildman–Crippen MR) is 116 cm³/mol. The van der Waals surface area contributed by atoms with Crippen molar-refractivity contribution in [2.45, 2.75) is 27.2 Å². The maximum Gasteiger partial charge on any atom is 0.276 e. The number of nitrogens with zero attached hydrogens (tertiary/aromatic N) is 4. The SMILES string of the molecule is Cc1ccc(-c2cc(C(=O)N(CCC(=O)N3CCN(C)CC3)CC(C)C)no2)cc1. The summed E-state index contributed by atoms with van der Waals surface area (Å²) in [7, 11) is 2.06. The van der Waals surface area contributed by atoms with Crippen LogP contribution in [0.4, 0.5) is 0 Å². The van der Waals surface area contributed by atoms with Gasteiger partial charge in [-0.15, -0.1) is 0 Å². The number of carbonyl (C=O) groups excluding carboxylic acids is 2. The summed E-state index contributed by atoms with van der Waals surface area (Å²) in [5.74, 6) is 0.759. The Morgan fingerprint density at radius 1 is 1.13 bits per heavy atom. The highest BCUT2D eigenvalue weighted by Crippen LogP contribution is 2.21. The first-order valence-corrected chi connectivity index (χ1v) is 10.6. The van der Waals surface area contributed by atoms with E-state index in [1.807, 2.05) is 36.1 Å². The van der Waals surface area contributed by atoms with Gasteiger partial charge in [0.25, 0.3) is 5.91 Å². The zero-order valence-corrected chi connectivity index (χ0v) is 18.4. The molecule has 1 aromatic heterocycles. The average Bonchev–Trinajstić information content (AvgIpc) is 3.21. The van der Waals surface area contributed by atoms with Gasteiger partial charge in [0, 0.05) is 57.3 Å². The number of piperazine rings is 1. The lowest BCUT2D eigenvalue weighted by atomic mass is 10.1. The maximum atomic E-state index is 13.1. The molecule has 1 fully saturated rings. The molecule has 2 amide bonds. The Bertz CT molecular complexity index is 852. The molecule has 162 valence electrons. The van der Waals surface area contributed by atoms with Crippen molar-refractivity contribution in [1.29, 1.82) is 0 Å². The second kappa shape index (κ2) is 9.89. The van der Waals surface area contributed by atoms with Crippen molar-refractivity contribution in [3.63, 3.8) is 0 Å². The molecule has 0 spiro atoms. The molecule has 1 aromatic carbocycles. The van der Waals surface area contributed by atoms with Crippen molar-refractivity contribution in [1.82, 2.24) is 19.9 Å². The molecule has 0 saturated carbocycles. The van der Waals surface area contributed by atoms with Crippen LogP contribution in [-0.4, -0.2) is 78.0 Å². The first-order valence-electron chi connectivity index (χ1n) is 10.6. The van der Waals surface area contributed by atoms with Crippen LogP contribution < -0.4 is 0 Å². The minimum atomic E-state index is -0.197. The number of carbonyl (C=O) groups is 2. The predicted octanol–water partition coefficient (Wildman–Crippen LogP) is 2.91. The molecule has 2 heterocycles. The number of benzene rings is 1. The monoisotopic (exact) mass is 412 g/mol. The van der Waals surface area contributed by atoms with Gasteiger partial charge in [0.15, 0.2) is 11.5 Å². The second-order valence-electron chi connectivity index (χ2n) is 8.52. The van der Waals surface area contributed by atoms with E-state index in [-0.39, 0.29) is 23.4 Å². The number of aromatic nitrogens is 1. The quantitative estimate of drug-likeness (QED) is 0.699. The number of rotatable bonds is 7. The van der Waals surface area contributed by atoms with Gasteiger partial charge in [0.2, 0.25) is 5.91 Å². The van der Waals surface area contributed by atoms with Crippen molar-refractivity contribution < 1.29 is 14.1 Å². The van der Waals surface area contributed by atoms with E-state index >= 15 is 0 Å². The molecule has 7 nitrogen and oxygen atoms in total. The van der Waals surface area contributed by atoms with Crippen LogP contribution in [0.3, 0.4) is 0 Å². The summed E-state index contributed by atoms with van der Waals surface area (Å²) in [5, 5.41) is 4.00. The van der Waals surface area contributed by atoms with E-state index in [9.17, 15) is 9.59 Å². The molecule has 1 aliphatic rings. The summed E-state index contributed by atoms with van der Waals surface area (Å²) in [6, 6.07) is 9.57. The third kappa shape index (κ3) is 5.69. The van der Waals surface area contributed by atoms with Crippen LogP contribution >= 0.6 is 0 Å². The standard InChI is InChI=1S/C23H32N4O3/c1-17(2)16-27(10-9-22(28)26-13-11-25(4)12-14-26)23(29)20-15-21(30-24-20)19-7-5-18(3)6-8-19/h5-8,15,17H,9-14,16H2,1-4H3. The third-order valence-electron chi connectivity index (χ3n) is 5.39. The topological polar surface area (TPSA) is 69.9 Å². The zero-order valence-electron chi connectivity index (χ0n) is 18.4. The minimum absolute atomic E-state index is 0.102. The molecule has 0 N–H and O–H groups in total. The van der Waals surface area contributed by atoms with Crippen molar-refractivity contribution >= 4 is 11.8 Å². The van der Waals surface area contributed by atoms with Gasteiger partial charge in [0.05, 0.1) is 0 Å². The molecule has 3 rings (SSSR count). The van der Waals surface area contributed by atoms with Gasteiger partial charge in [-0.2, -0.15) is 0 Å². The fourth-order valence-electron chi connectivity index (χ4n) is 3.55. The molecule has 0 bridgehead atoms. The molecule has 2 aromatic rings. The van der Waals surface area contributed by atoms with Crippen molar-refractivity contribution in [2.24, 2.45) is 5.92 Å². The van der Waals surface area contributed by atoms with Crippen LogP contribution in [-0.2, 0) is 4.79 Å². The molecule has 1 saturated heterocycles. The Morgan fingerprint density at radius 2 is 1.80 bits per heavy atom. The first kappa shape index (κ1) is 22.0. The van der Waals surface area contributed by atoms with E-state index in [4.69, 9.17) is 4.52 Å². The Morgan fingerprint density at radius 3 is 2.43 bits per heavy atom. The van der Waals surface area contributed by atoms with Crippen molar-refractivity contribution in [3.8, 4) is 11.3 Å². The van der Waals surface area contributed by atoms with Gasteiger partial charge in [-0.1, -0.05) is 48.8 Å². The number of aryl methyl sites for hydroxylation is 1. The molecule has 0 unspecified atom stereocenters. The highest BCUT2D eigenvalue weighted by molar-refractivity contribution is 5.93. The lowest BCUT2D eigenvalue weighted by Crippen LogP contribution is -2.48. The molecule has 1 aliphatic heterocycles. The summed E-state index contributed by atoms with van der Waals surface area (Å²) in [6.45, 7) is 10.4. The van der Waals surface area contributed by atoms with Crippen LogP contribution in [0, 0.1) is 12.8 Å². The summed E-state index contributed by atoms with van der Waals surface area (Å²) in [5.41, 5.74) is 2.31. The number of hydrogen-bond acceptors (Lipinski definition) is 5. The third-order valence-corrected chi connectivity index (χ3v) is 5.39. The zero-order chi connectivity index (χ0) is 21.7. The van der Waals surface area contributed by atoms with E-state index in [1.54, 1.807) is 11.0 Å². The van der Waals surface area contributed by atoms with Crippen LogP contribution in [0.5, 0.6) is 0 Å². The Hall–Kier alpha value is -2.67. The summed E-state index contributed by atoms with van der Waals surface area (Å²) in [6.07, 6.45) is 0.324. The van der Waals surface area contributed by atoms with E-state index < -0.39 is 0 Å². The molecule has 0 atom stereocenters. The average molecular weight is 413 g/mol. The highest BCUT2D eigenvalue weighted by Gasteiger charge is 2.24. The van der Waals surface area contributed by atoms with Crippen LogP contribution in [0.2, 0.25) is 0 Å². The van der Waals surface area contributed by atoms with Gasteiger partial charge < -0.3 is 19.2 Å². The normalized spacial score (nSPS) is 14.9. The lowest BCUT2D eigenvalue weighted by Gasteiger charge is -2.33. The van der Waals surface area contributed by atoms with Gasteiger partial charge in [-0.25, -0.2) is 0 Å². The Kier molecular flexibility index (Phi) is 7.26. The summed E-state index contributed by atoms with van der Waals surface area (Å²) >= 11 is 0. The maximum absolute atomic E-state index is 13.1. The number of amides is 2. The van der Waals surface area contributed by atoms with Gasteiger partial charge in [-0.3, -0.25) is 9.59 Å². The van der Waals surface area contributed by atoms with Crippen LogP contribution in [0.1, 0.15) is 36.3 Å². The van der Waals surface area contributed by atoms with Crippen molar-refractivity contribution in [3.05, 3.63) is 41.6 Å². The van der Waals surface area contributed by atoms with E-state index in [0.717, 1.165) is 37.3 Å². The first-order chi connectivity index (χ1) is 14.3. The lowest BCUT2D eigenvalue weighted by molar-refractivity contribution is -0.133. The second-order valence-corrected chi connectivity index (χ2v) is 8.52. The van der Waals surface area contributed by atoms with E-state index in [2.05, 4.69) is 31.0 Å². The van der Waals surface area contributed by atoms with E-state index in [0.29, 0.717) is 25.3 Å². The number of hydrogen-bond donors (Lipinski definition) is 0. The molecule has 30 heavy (non-hydrogen) atoms. The minimum Gasteiger partial charge on any atom is -0.355 e. The fraction of sp³-hybridized carbons (Fsp3) is 0.522. The Balaban J connectivity index is 1.65. The van der Waals surface area contributed by atoms with Crippen molar-refractivity contribution in [2.75, 3.05) is 46.3 Å². The van der Waals surface area contributed by atoms with Crippen LogP contribution in [0.25, 0.3) is 11.3 Å². The molecular weight excluding hydrogens is 380 g/mol. The molecular formula is C23H32N4O3. The van der Waals surface area contributed by atoms with Crippen LogP contribution in [0.15, 0.2) is 34.9 Å². The Labute approximate surface area is 178 Å². The largest absolute Gasteiger partial charge is 0.355 e. The highest BCUT2D eigenvalue weighted by atomic mass is 16.5. The summed E-state index contributed by atoms with van der Waals surface area (Å²) in [4.78, 5) is 31.5. The fourth-order valence-corrected chi connectivity index (χ4v) is 3.55. The summed E-state index contributed by atoms with van der Waals surface area (Å²) < 4.78 is 5.42. The van der Waals surface area contributed by atoms with E-state index in [1.165, 1.54) is 0 Å². The smallest absolute Gasteiger partial charge is 0.276 e. The number of likely N-dealkylation sites (N-methyl/N-ethyl adjacent to an activating group) is 1. The molecule has 0 radical (unpaired) electrons. The van der Waals surface area contributed by atoms with Gasteiger partial charge >= 0.3 is 0 Å². The van der Waals surface area contributed by atoms with Gasteiger partial charge in [-0.05, 0) is 19.9 Å².